The first-order chi connectivity index (χ1) is 15.5. The van der Waals surface area contributed by atoms with Crippen LogP contribution in [0.3, 0.4) is 0 Å². The van der Waals surface area contributed by atoms with E-state index >= 15 is 0 Å². The van der Waals surface area contributed by atoms with Gasteiger partial charge in [-0.15, -0.1) is 0 Å². The highest BCUT2D eigenvalue weighted by Gasteiger charge is 2.29. The molecule has 2 aromatic rings. The van der Waals surface area contributed by atoms with E-state index < -0.39 is 10.0 Å². The number of sulfonamides is 1. The fourth-order valence-electron chi connectivity index (χ4n) is 4.07. The van der Waals surface area contributed by atoms with Crippen molar-refractivity contribution in [1.82, 2.24) is 9.21 Å². The highest BCUT2D eigenvalue weighted by Crippen LogP contribution is 2.33. The van der Waals surface area contributed by atoms with Crippen LogP contribution in [0.5, 0.6) is 0 Å². The third-order valence-corrected chi connectivity index (χ3v) is 7.92. The van der Waals surface area contributed by atoms with Gasteiger partial charge < -0.3 is 10.2 Å². The first kappa shape index (κ1) is 24.9. The van der Waals surface area contributed by atoms with Crippen molar-refractivity contribution in [3.8, 4) is 0 Å². The lowest BCUT2D eigenvalue weighted by molar-refractivity contribution is -0.129. The predicted molar refractivity (Wildman–Crippen MR) is 130 cm³/mol. The van der Waals surface area contributed by atoms with Crippen LogP contribution in [0.4, 0.5) is 5.69 Å². The Kier molecular flexibility index (Phi) is 7.59. The highest BCUT2D eigenvalue weighted by molar-refractivity contribution is 7.89. The molecule has 0 spiro atoms. The van der Waals surface area contributed by atoms with Gasteiger partial charge in [0.05, 0.1) is 4.90 Å². The minimum atomic E-state index is -3.77. The van der Waals surface area contributed by atoms with Crippen molar-refractivity contribution < 1.29 is 18.0 Å². The molecule has 33 heavy (non-hydrogen) atoms. The van der Waals surface area contributed by atoms with E-state index in [0.29, 0.717) is 13.1 Å². The van der Waals surface area contributed by atoms with E-state index in [9.17, 15) is 18.0 Å². The highest BCUT2D eigenvalue weighted by atomic mass is 32.2. The Hall–Kier alpha value is -2.71. The quantitative estimate of drug-likeness (QED) is 0.689. The Morgan fingerprint density at radius 2 is 1.42 bits per heavy atom. The van der Waals surface area contributed by atoms with Gasteiger partial charge in [0, 0.05) is 44.4 Å². The van der Waals surface area contributed by atoms with E-state index in [4.69, 9.17) is 0 Å². The summed E-state index contributed by atoms with van der Waals surface area (Å²) in [6.07, 6.45) is 0. The molecule has 1 aliphatic heterocycles. The third-order valence-electron chi connectivity index (χ3n) is 6.03. The molecule has 2 amide bonds. The Bertz CT molecular complexity index is 1110. The standard InChI is InChI=1S/C25H33N3O4S/c1-17(2)22-10-7-11-23(18(3)4)24(22)26-25(30)20-8-6-9-21(16-20)33(31,32)28-14-12-27(13-15-28)19(5)29/h6-11,16-18H,12-15H2,1-5H3,(H,26,30). The van der Waals surface area contributed by atoms with Crippen LogP contribution in [0.1, 0.15) is 67.9 Å². The second kappa shape index (κ2) is 10.1. The smallest absolute Gasteiger partial charge is 0.255 e. The molecular weight excluding hydrogens is 438 g/mol. The maximum absolute atomic E-state index is 13.2. The van der Waals surface area contributed by atoms with Crippen LogP contribution in [-0.2, 0) is 14.8 Å². The number of para-hydroxylation sites is 1. The molecule has 1 saturated heterocycles. The molecule has 1 N–H and O–H groups in total. The lowest BCUT2D eigenvalue weighted by Crippen LogP contribution is -2.49. The van der Waals surface area contributed by atoms with Crippen molar-refractivity contribution in [2.45, 2.75) is 51.3 Å². The van der Waals surface area contributed by atoms with E-state index in [1.165, 1.54) is 23.4 Å². The number of rotatable bonds is 6. The van der Waals surface area contributed by atoms with Crippen LogP contribution in [-0.4, -0.2) is 55.6 Å². The average molecular weight is 472 g/mol. The molecule has 8 heteroatoms. The van der Waals surface area contributed by atoms with Crippen molar-refractivity contribution in [2.75, 3.05) is 31.5 Å². The summed E-state index contributed by atoms with van der Waals surface area (Å²) in [5.74, 6) is 0.0374. The van der Waals surface area contributed by atoms with Gasteiger partial charge in [-0.05, 0) is 41.2 Å². The maximum atomic E-state index is 13.2. The van der Waals surface area contributed by atoms with Gasteiger partial charge >= 0.3 is 0 Å². The molecule has 2 aromatic carbocycles. The molecule has 0 aromatic heterocycles. The molecule has 0 aliphatic carbocycles. The zero-order valence-corrected chi connectivity index (χ0v) is 20.8. The van der Waals surface area contributed by atoms with Crippen LogP contribution in [0, 0.1) is 0 Å². The number of carbonyl (C=O) groups excluding carboxylic acids is 2. The van der Waals surface area contributed by atoms with Crippen molar-refractivity contribution in [3.05, 3.63) is 59.2 Å². The number of benzene rings is 2. The normalized spacial score (nSPS) is 15.2. The summed E-state index contributed by atoms with van der Waals surface area (Å²) in [6, 6.07) is 12.2. The summed E-state index contributed by atoms with van der Waals surface area (Å²) in [5.41, 5.74) is 3.16. The minimum Gasteiger partial charge on any atom is -0.340 e. The summed E-state index contributed by atoms with van der Waals surface area (Å²) < 4.78 is 27.7. The van der Waals surface area contributed by atoms with Crippen molar-refractivity contribution in [3.63, 3.8) is 0 Å². The summed E-state index contributed by atoms with van der Waals surface area (Å²) >= 11 is 0. The molecule has 1 fully saturated rings. The fourth-order valence-corrected chi connectivity index (χ4v) is 5.54. The maximum Gasteiger partial charge on any atom is 0.255 e. The lowest BCUT2D eigenvalue weighted by Gasteiger charge is -2.33. The van der Waals surface area contributed by atoms with E-state index in [2.05, 4.69) is 33.0 Å². The molecule has 1 aliphatic rings. The molecule has 0 atom stereocenters. The number of nitrogens with zero attached hydrogens (tertiary/aromatic N) is 2. The topological polar surface area (TPSA) is 86.8 Å². The number of hydrogen-bond donors (Lipinski definition) is 1. The van der Waals surface area contributed by atoms with Crippen LogP contribution >= 0.6 is 0 Å². The molecule has 3 rings (SSSR count). The average Bonchev–Trinajstić information content (AvgIpc) is 2.79. The largest absolute Gasteiger partial charge is 0.340 e. The molecule has 0 unspecified atom stereocenters. The van der Waals surface area contributed by atoms with Crippen LogP contribution in [0.15, 0.2) is 47.4 Å². The van der Waals surface area contributed by atoms with Gasteiger partial charge in [-0.25, -0.2) is 8.42 Å². The van der Waals surface area contributed by atoms with E-state index in [1.54, 1.807) is 17.0 Å². The fraction of sp³-hybridized carbons (Fsp3) is 0.440. The number of piperazine rings is 1. The Morgan fingerprint density at radius 1 is 0.879 bits per heavy atom. The third kappa shape index (κ3) is 5.45. The number of nitrogens with one attached hydrogen (secondary N) is 1. The number of amides is 2. The Morgan fingerprint density at radius 3 is 1.94 bits per heavy atom. The van der Waals surface area contributed by atoms with Gasteiger partial charge in [0.25, 0.3) is 5.91 Å². The summed E-state index contributed by atoms with van der Waals surface area (Å²) in [7, 11) is -3.77. The predicted octanol–water partition coefficient (Wildman–Crippen LogP) is 4.04. The summed E-state index contributed by atoms with van der Waals surface area (Å²) in [6.45, 7) is 11.0. The van der Waals surface area contributed by atoms with Crippen LogP contribution in [0.2, 0.25) is 0 Å². The SMILES string of the molecule is CC(=O)N1CCN(S(=O)(=O)c2cccc(C(=O)Nc3c(C(C)C)cccc3C(C)C)c2)CC1. The van der Waals surface area contributed by atoms with Gasteiger partial charge in [-0.1, -0.05) is 52.0 Å². The van der Waals surface area contributed by atoms with Gasteiger partial charge in [0.1, 0.15) is 0 Å². The second-order valence-corrected chi connectivity index (χ2v) is 11.0. The Labute approximate surface area is 196 Å². The van der Waals surface area contributed by atoms with E-state index in [1.807, 2.05) is 18.2 Å². The molecule has 0 bridgehead atoms. The van der Waals surface area contributed by atoms with Crippen LogP contribution in [0.25, 0.3) is 0 Å². The summed E-state index contributed by atoms with van der Waals surface area (Å²) in [4.78, 5) is 26.4. The Balaban J connectivity index is 1.86. The molecular formula is C25H33N3O4S. The van der Waals surface area contributed by atoms with Crippen LogP contribution < -0.4 is 5.32 Å². The number of carbonyl (C=O) groups is 2. The van der Waals surface area contributed by atoms with Gasteiger partial charge in [0.15, 0.2) is 0 Å². The van der Waals surface area contributed by atoms with E-state index in [-0.39, 0.29) is 47.2 Å². The molecule has 7 nitrogen and oxygen atoms in total. The van der Waals surface area contributed by atoms with Gasteiger partial charge in [-0.2, -0.15) is 4.31 Å². The second-order valence-electron chi connectivity index (χ2n) is 9.01. The van der Waals surface area contributed by atoms with Gasteiger partial charge in [-0.3, -0.25) is 9.59 Å². The van der Waals surface area contributed by atoms with E-state index in [0.717, 1.165) is 16.8 Å². The number of anilines is 1. The number of hydrogen-bond acceptors (Lipinski definition) is 4. The minimum absolute atomic E-state index is 0.0619. The lowest BCUT2D eigenvalue weighted by atomic mass is 9.92. The molecule has 0 saturated carbocycles. The first-order valence-corrected chi connectivity index (χ1v) is 12.8. The monoisotopic (exact) mass is 471 g/mol. The molecule has 178 valence electrons. The molecule has 0 radical (unpaired) electrons. The molecule has 1 heterocycles. The van der Waals surface area contributed by atoms with Gasteiger partial charge in [0.2, 0.25) is 15.9 Å². The zero-order valence-electron chi connectivity index (χ0n) is 20.0. The zero-order chi connectivity index (χ0) is 24.3. The summed E-state index contributed by atoms with van der Waals surface area (Å²) in [5, 5.41) is 3.04. The first-order valence-electron chi connectivity index (χ1n) is 11.3. The van der Waals surface area contributed by atoms with Crippen molar-refractivity contribution in [1.29, 1.82) is 0 Å². The van der Waals surface area contributed by atoms with Crippen molar-refractivity contribution in [2.24, 2.45) is 0 Å². The van der Waals surface area contributed by atoms with Crippen molar-refractivity contribution >= 4 is 27.5 Å².